The van der Waals surface area contributed by atoms with Gasteiger partial charge in [0.15, 0.2) is 0 Å². The monoisotopic (exact) mass is 260 g/mol. The van der Waals surface area contributed by atoms with Gasteiger partial charge in [0.05, 0.1) is 16.4 Å². The van der Waals surface area contributed by atoms with Crippen LogP contribution in [0.3, 0.4) is 0 Å². The number of nitrogens with one attached hydrogen (secondary N) is 1. The van der Waals surface area contributed by atoms with Gasteiger partial charge >= 0.3 is 0 Å². The maximum Gasteiger partial charge on any atom is 0.143 e. The first-order valence-corrected chi connectivity index (χ1v) is 6.35. The average Bonchev–Trinajstić information content (AvgIpc) is 2.25. The van der Waals surface area contributed by atoms with Crippen molar-refractivity contribution in [2.45, 2.75) is 0 Å². The largest absolute Gasteiger partial charge is 0.397 e. The van der Waals surface area contributed by atoms with Crippen LogP contribution in [0, 0.1) is 5.82 Å². The van der Waals surface area contributed by atoms with E-state index in [1.165, 1.54) is 12.1 Å². The molecule has 3 N–H and O–H groups in total. The molecule has 0 heterocycles. The molecule has 0 atom stereocenters. The third-order valence-corrected chi connectivity index (χ3v) is 3.14. The number of thioether (sulfide) groups is 1. The van der Waals surface area contributed by atoms with Crippen LogP contribution in [0.4, 0.5) is 15.8 Å². The number of halogens is 2. The Labute approximate surface area is 104 Å². The number of nitrogen functional groups attached to an aromatic ring is 1. The number of benzene rings is 1. The lowest BCUT2D eigenvalue weighted by molar-refractivity contribution is 0.629. The molecule has 1 aromatic rings. The highest BCUT2D eigenvalue weighted by Crippen LogP contribution is 2.26. The van der Waals surface area contributed by atoms with Crippen LogP contribution in [0.2, 0.25) is 5.02 Å². The summed E-state index contributed by atoms with van der Waals surface area (Å²) in [6.45, 7) is 4.39. The molecule has 88 valence electrons. The highest BCUT2D eigenvalue weighted by atomic mass is 35.5. The van der Waals surface area contributed by atoms with Crippen molar-refractivity contribution in [3.05, 3.63) is 35.6 Å². The molecule has 2 nitrogen and oxygen atoms in total. The summed E-state index contributed by atoms with van der Waals surface area (Å²) in [5.41, 5.74) is 6.69. The fraction of sp³-hybridized carbons (Fsp3) is 0.273. The van der Waals surface area contributed by atoms with Crippen LogP contribution in [-0.2, 0) is 0 Å². The maximum atomic E-state index is 13.0. The Balaban J connectivity index is 2.47. The summed E-state index contributed by atoms with van der Waals surface area (Å²) in [6.07, 6.45) is 1.85. The van der Waals surface area contributed by atoms with Crippen LogP contribution < -0.4 is 11.1 Å². The summed E-state index contributed by atoms with van der Waals surface area (Å²) >= 11 is 7.42. The molecule has 0 spiro atoms. The second kappa shape index (κ2) is 6.66. The van der Waals surface area contributed by atoms with Gasteiger partial charge < -0.3 is 11.1 Å². The van der Waals surface area contributed by atoms with Crippen molar-refractivity contribution in [3.8, 4) is 0 Å². The molecule has 0 saturated carbocycles. The molecular weight excluding hydrogens is 247 g/mol. The lowest BCUT2D eigenvalue weighted by atomic mass is 10.2. The molecule has 0 radical (unpaired) electrons. The van der Waals surface area contributed by atoms with E-state index in [2.05, 4.69) is 11.9 Å². The van der Waals surface area contributed by atoms with Crippen LogP contribution in [0.25, 0.3) is 0 Å². The first kappa shape index (κ1) is 13.2. The normalized spacial score (nSPS) is 10.1. The van der Waals surface area contributed by atoms with E-state index in [4.69, 9.17) is 17.3 Å². The van der Waals surface area contributed by atoms with Gasteiger partial charge in [0.1, 0.15) is 5.82 Å². The van der Waals surface area contributed by atoms with E-state index >= 15 is 0 Å². The highest BCUT2D eigenvalue weighted by Gasteiger charge is 2.05. The molecule has 5 heteroatoms. The molecule has 0 fully saturated rings. The van der Waals surface area contributed by atoms with Gasteiger partial charge in [-0.15, -0.1) is 6.58 Å². The summed E-state index contributed by atoms with van der Waals surface area (Å²) < 4.78 is 13.0. The van der Waals surface area contributed by atoms with E-state index in [0.717, 1.165) is 18.1 Å². The second-order valence-electron chi connectivity index (χ2n) is 3.14. The molecule has 0 saturated heterocycles. The molecule has 0 bridgehead atoms. The minimum atomic E-state index is -0.495. The Hall–Kier alpha value is -0.870. The van der Waals surface area contributed by atoms with Crippen LogP contribution in [0.5, 0.6) is 0 Å². The lowest BCUT2D eigenvalue weighted by Gasteiger charge is -2.09. The maximum absolute atomic E-state index is 13.0. The Morgan fingerprint density at radius 3 is 3.00 bits per heavy atom. The van der Waals surface area contributed by atoms with Gasteiger partial charge in [-0.2, -0.15) is 11.8 Å². The highest BCUT2D eigenvalue weighted by molar-refractivity contribution is 7.99. The van der Waals surface area contributed by atoms with Gasteiger partial charge in [-0.25, -0.2) is 4.39 Å². The minimum absolute atomic E-state index is 0.0791. The van der Waals surface area contributed by atoms with Gasteiger partial charge in [-0.3, -0.25) is 0 Å². The predicted molar refractivity (Wildman–Crippen MR) is 71.8 cm³/mol. The quantitative estimate of drug-likeness (QED) is 0.468. The lowest BCUT2D eigenvalue weighted by Crippen LogP contribution is -2.07. The van der Waals surface area contributed by atoms with Crippen LogP contribution in [-0.4, -0.2) is 18.1 Å². The standard InChI is InChI=1S/C11H14ClFN2S/c1-2-4-16-5-3-15-11-6-8(12)9(13)7-10(11)14/h2,6-7,15H,1,3-5,14H2. The third-order valence-electron chi connectivity index (χ3n) is 1.89. The van der Waals surface area contributed by atoms with Crippen molar-refractivity contribution < 1.29 is 4.39 Å². The second-order valence-corrected chi connectivity index (χ2v) is 4.70. The Morgan fingerprint density at radius 2 is 2.31 bits per heavy atom. The first-order chi connectivity index (χ1) is 7.65. The molecule has 0 aliphatic rings. The Kier molecular flexibility index (Phi) is 5.49. The van der Waals surface area contributed by atoms with Gasteiger partial charge in [-0.1, -0.05) is 17.7 Å². The van der Waals surface area contributed by atoms with Crippen molar-refractivity contribution in [2.75, 3.05) is 29.1 Å². The van der Waals surface area contributed by atoms with Crippen molar-refractivity contribution in [1.82, 2.24) is 0 Å². The summed E-state index contributed by atoms with van der Waals surface area (Å²) in [5.74, 6) is 1.35. The topological polar surface area (TPSA) is 38.0 Å². The molecule has 0 amide bonds. The molecule has 1 rings (SSSR count). The molecule has 0 aromatic heterocycles. The predicted octanol–water partition coefficient (Wildman–Crippen LogP) is 3.39. The van der Waals surface area contributed by atoms with E-state index in [9.17, 15) is 4.39 Å². The zero-order valence-electron chi connectivity index (χ0n) is 8.80. The van der Waals surface area contributed by atoms with E-state index in [0.29, 0.717) is 11.4 Å². The fourth-order valence-electron chi connectivity index (χ4n) is 1.14. The van der Waals surface area contributed by atoms with Gasteiger partial charge in [0.25, 0.3) is 0 Å². The van der Waals surface area contributed by atoms with E-state index in [1.807, 2.05) is 6.08 Å². The van der Waals surface area contributed by atoms with Crippen LogP contribution in [0.15, 0.2) is 24.8 Å². The van der Waals surface area contributed by atoms with Crippen molar-refractivity contribution in [3.63, 3.8) is 0 Å². The average molecular weight is 261 g/mol. The number of rotatable bonds is 6. The summed E-state index contributed by atoms with van der Waals surface area (Å²) in [6, 6.07) is 2.73. The van der Waals surface area contributed by atoms with E-state index in [1.54, 1.807) is 11.8 Å². The molecule has 1 aromatic carbocycles. The summed E-state index contributed by atoms with van der Waals surface area (Å²) in [4.78, 5) is 0. The molecular formula is C11H14ClFN2S. The van der Waals surface area contributed by atoms with Crippen LogP contribution >= 0.6 is 23.4 Å². The van der Waals surface area contributed by atoms with Gasteiger partial charge in [0, 0.05) is 24.1 Å². The molecule has 0 unspecified atom stereocenters. The number of hydrogen-bond donors (Lipinski definition) is 2. The molecule has 16 heavy (non-hydrogen) atoms. The number of nitrogens with two attached hydrogens (primary N) is 1. The fourth-order valence-corrected chi connectivity index (χ4v) is 1.88. The van der Waals surface area contributed by atoms with E-state index in [-0.39, 0.29) is 5.02 Å². The van der Waals surface area contributed by atoms with Crippen LogP contribution in [0.1, 0.15) is 0 Å². The zero-order valence-corrected chi connectivity index (χ0v) is 10.4. The van der Waals surface area contributed by atoms with E-state index < -0.39 is 5.82 Å². The molecule has 0 aliphatic heterocycles. The zero-order chi connectivity index (χ0) is 12.0. The summed E-state index contributed by atoms with van der Waals surface area (Å²) in [7, 11) is 0. The van der Waals surface area contributed by atoms with Crippen molar-refractivity contribution in [2.24, 2.45) is 0 Å². The first-order valence-electron chi connectivity index (χ1n) is 4.82. The van der Waals surface area contributed by atoms with Crippen molar-refractivity contribution in [1.29, 1.82) is 0 Å². The Morgan fingerprint density at radius 1 is 1.56 bits per heavy atom. The number of anilines is 2. The van der Waals surface area contributed by atoms with Gasteiger partial charge in [0.2, 0.25) is 0 Å². The molecule has 0 aliphatic carbocycles. The van der Waals surface area contributed by atoms with Gasteiger partial charge in [-0.05, 0) is 6.07 Å². The third kappa shape index (κ3) is 3.94. The SMILES string of the molecule is C=CCSCCNc1cc(Cl)c(F)cc1N. The van der Waals surface area contributed by atoms with Crippen molar-refractivity contribution >= 4 is 34.7 Å². The smallest absolute Gasteiger partial charge is 0.143 e. The number of hydrogen-bond acceptors (Lipinski definition) is 3. The Bertz CT molecular complexity index is 371. The minimum Gasteiger partial charge on any atom is -0.397 e. The summed E-state index contributed by atoms with van der Waals surface area (Å²) in [5, 5.41) is 3.19.